The maximum absolute atomic E-state index is 13.1. The first-order chi connectivity index (χ1) is 11.9. The van der Waals surface area contributed by atoms with E-state index in [4.69, 9.17) is 4.74 Å². The van der Waals surface area contributed by atoms with Crippen molar-refractivity contribution in [1.29, 1.82) is 0 Å². The summed E-state index contributed by atoms with van der Waals surface area (Å²) in [6, 6.07) is 5.90. The molecule has 0 amide bonds. The number of carbonyl (C=O) groups excluding carboxylic acids is 1. The molecule has 0 bridgehead atoms. The predicted molar refractivity (Wildman–Crippen MR) is 88.3 cm³/mol. The summed E-state index contributed by atoms with van der Waals surface area (Å²) >= 11 is 0. The lowest BCUT2D eigenvalue weighted by atomic mass is 9.91. The Morgan fingerprint density at radius 3 is 2.64 bits per heavy atom. The average Bonchev–Trinajstić information content (AvgIpc) is 3.01. The predicted octanol–water partition coefficient (Wildman–Crippen LogP) is 3.85. The fraction of sp³-hybridized carbons (Fsp3) is 0.632. The van der Waals surface area contributed by atoms with Gasteiger partial charge in [-0.1, -0.05) is 31.0 Å². The van der Waals surface area contributed by atoms with Crippen LogP contribution in [0.1, 0.15) is 43.2 Å². The van der Waals surface area contributed by atoms with Crippen LogP contribution in [0, 0.1) is 0 Å². The van der Waals surface area contributed by atoms with Gasteiger partial charge in [0.25, 0.3) is 0 Å². The number of ketones is 1. The van der Waals surface area contributed by atoms with Crippen LogP contribution in [0.4, 0.5) is 13.2 Å². The molecule has 1 saturated carbocycles. The number of rotatable bonds is 5. The van der Waals surface area contributed by atoms with E-state index in [1.807, 2.05) is 0 Å². The van der Waals surface area contributed by atoms with Gasteiger partial charge in [0.2, 0.25) is 0 Å². The van der Waals surface area contributed by atoms with E-state index in [2.05, 4.69) is 4.90 Å². The first-order valence-electron chi connectivity index (χ1n) is 8.97. The van der Waals surface area contributed by atoms with Crippen molar-refractivity contribution in [2.75, 3.05) is 19.7 Å². The second kappa shape index (κ2) is 7.87. The Hall–Kier alpha value is -1.40. The van der Waals surface area contributed by atoms with Gasteiger partial charge in [-0.05, 0) is 30.9 Å². The first-order valence-corrected chi connectivity index (χ1v) is 8.97. The molecule has 0 radical (unpaired) electrons. The van der Waals surface area contributed by atoms with Gasteiger partial charge in [-0.15, -0.1) is 0 Å². The van der Waals surface area contributed by atoms with Crippen LogP contribution < -0.4 is 0 Å². The summed E-state index contributed by atoms with van der Waals surface area (Å²) in [5.41, 5.74) is -0.303. The number of benzene rings is 1. The van der Waals surface area contributed by atoms with Crippen LogP contribution in [0.2, 0.25) is 0 Å². The highest BCUT2D eigenvalue weighted by atomic mass is 19.4. The summed E-state index contributed by atoms with van der Waals surface area (Å²) in [5.74, 6) is 0.267. The molecule has 6 heteroatoms. The molecule has 1 heterocycles. The summed E-state index contributed by atoms with van der Waals surface area (Å²) < 4.78 is 45.2. The van der Waals surface area contributed by atoms with E-state index in [1.165, 1.54) is 12.1 Å². The molecule has 0 spiro atoms. The van der Waals surface area contributed by atoms with Crippen LogP contribution >= 0.6 is 0 Å². The number of hydrogen-bond acceptors (Lipinski definition) is 3. The molecule has 2 fully saturated rings. The maximum Gasteiger partial charge on any atom is 0.416 e. The van der Waals surface area contributed by atoms with Crippen molar-refractivity contribution in [3.63, 3.8) is 0 Å². The van der Waals surface area contributed by atoms with E-state index in [0.717, 1.165) is 38.3 Å². The fourth-order valence-electron chi connectivity index (χ4n) is 3.96. The van der Waals surface area contributed by atoms with Gasteiger partial charge in [-0.25, -0.2) is 0 Å². The number of nitrogens with zero attached hydrogens (tertiary/aromatic N) is 1. The third kappa shape index (κ3) is 4.61. The molecule has 3 rings (SSSR count). The van der Waals surface area contributed by atoms with Crippen molar-refractivity contribution in [3.05, 3.63) is 35.4 Å². The van der Waals surface area contributed by atoms with Crippen LogP contribution in [0.3, 0.4) is 0 Å². The number of hydrogen-bond donors (Lipinski definition) is 0. The molecule has 25 heavy (non-hydrogen) atoms. The minimum atomic E-state index is -4.33. The molecule has 2 aliphatic rings. The lowest BCUT2D eigenvalue weighted by Crippen LogP contribution is -2.45. The summed E-state index contributed by atoms with van der Waals surface area (Å²) in [7, 11) is 0. The van der Waals surface area contributed by atoms with Gasteiger partial charge >= 0.3 is 6.18 Å². The number of ether oxygens (including phenoxy) is 1. The first kappa shape index (κ1) is 18.4. The number of Topliss-reactive ketones (excluding diaryl/α,β-unsaturated/α-hetero) is 1. The van der Waals surface area contributed by atoms with Crippen molar-refractivity contribution in [1.82, 2.24) is 4.90 Å². The molecule has 1 aliphatic carbocycles. The molecule has 138 valence electrons. The van der Waals surface area contributed by atoms with E-state index in [9.17, 15) is 18.0 Å². The van der Waals surface area contributed by atoms with Crippen molar-refractivity contribution in [2.45, 2.75) is 56.8 Å². The highest BCUT2D eigenvalue weighted by Gasteiger charge is 2.35. The summed E-state index contributed by atoms with van der Waals surface area (Å²) in [4.78, 5) is 13.7. The largest absolute Gasteiger partial charge is 0.416 e. The Morgan fingerprint density at radius 2 is 1.92 bits per heavy atom. The summed E-state index contributed by atoms with van der Waals surface area (Å²) in [5, 5.41) is 0. The van der Waals surface area contributed by atoms with Crippen molar-refractivity contribution < 1.29 is 22.7 Å². The SMILES string of the molecule is O=C1CCN([C@@H]2CCCC[C@H]2OCCc2ccccc2C(F)(F)F)C1. The Balaban J connectivity index is 1.58. The highest BCUT2D eigenvalue weighted by Crippen LogP contribution is 2.32. The molecule has 1 aromatic rings. The summed E-state index contributed by atoms with van der Waals surface area (Å²) in [6.07, 6.45) is 0.624. The molecular weight excluding hydrogens is 331 g/mol. The van der Waals surface area contributed by atoms with E-state index in [-0.39, 0.29) is 36.5 Å². The second-order valence-corrected chi connectivity index (χ2v) is 6.93. The van der Waals surface area contributed by atoms with Gasteiger partial charge in [0.15, 0.2) is 0 Å². The minimum Gasteiger partial charge on any atom is -0.376 e. The van der Waals surface area contributed by atoms with Gasteiger partial charge in [-0.2, -0.15) is 13.2 Å². The van der Waals surface area contributed by atoms with Crippen molar-refractivity contribution >= 4 is 5.78 Å². The lowest BCUT2D eigenvalue weighted by molar-refractivity contribution is -0.138. The fourth-order valence-corrected chi connectivity index (χ4v) is 3.96. The molecule has 0 N–H and O–H groups in total. The van der Waals surface area contributed by atoms with E-state index >= 15 is 0 Å². The second-order valence-electron chi connectivity index (χ2n) is 6.93. The summed E-state index contributed by atoms with van der Waals surface area (Å²) in [6.45, 7) is 1.54. The topological polar surface area (TPSA) is 29.5 Å². The number of carbonyl (C=O) groups is 1. The number of alkyl halides is 3. The number of likely N-dealkylation sites (tertiary alicyclic amines) is 1. The zero-order chi connectivity index (χ0) is 17.9. The minimum absolute atomic E-state index is 0.0118. The molecular formula is C19H24F3NO2. The molecule has 0 unspecified atom stereocenters. The quantitative estimate of drug-likeness (QED) is 0.803. The van der Waals surface area contributed by atoms with E-state index in [1.54, 1.807) is 6.07 Å². The normalized spacial score (nSPS) is 25.5. The maximum atomic E-state index is 13.1. The Bertz CT molecular complexity index is 603. The molecule has 3 nitrogen and oxygen atoms in total. The van der Waals surface area contributed by atoms with Crippen LogP contribution in [0.5, 0.6) is 0 Å². The van der Waals surface area contributed by atoms with Crippen molar-refractivity contribution in [3.8, 4) is 0 Å². The molecule has 0 aromatic heterocycles. The molecule has 1 aromatic carbocycles. The average molecular weight is 355 g/mol. The van der Waals surface area contributed by atoms with Gasteiger partial charge < -0.3 is 4.74 Å². The van der Waals surface area contributed by atoms with E-state index in [0.29, 0.717) is 13.0 Å². The smallest absolute Gasteiger partial charge is 0.376 e. The molecule has 1 aliphatic heterocycles. The Morgan fingerprint density at radius 1 is 1.16 bits per heavy atom. The van der Waals surface area contributed by atoms with Gasteiger partial charge in [0, 0.05) is 19.0 Å². The Labute approximate surface area is 146 Å². The zero-order valence-corrected chi connectivity index (χ0v) is 14.2. The standard InChI is InChI=1S/C19H24F3NO2/c20-19(21,22)16-6-2-1-5-14(16)10-12-25-18-8-4-3-7-17(18)23-11-9-15(24)13-23/h1-2,5-6,17-18H,3-4,7-13H2/t17-,18-/m1/s1. The third-order valence-electron chi connectivity index (χ3n) is 5.22. The van der Waals surface area contributed by atoms with Gasteiger partial charge in [0.1, 0.15) is 5.78 Å². The molecule has 2 atom stereocenters. The number of halogens is 3. The lowest BCUT2D eigenvalue weighted by Gasteiger charge is -2.37. The van der Waals surface area contributed by atoms with Crippen LogP contribution in [-0.2, 0) is 22.1 Å². The highest BCUT2D eigenvalue weighted by molar-refractivity contribution is 5.82. The van der Waals surface area contributed by atoms with E-state index < -0.39 is 11.7 Å². The monoisotopic (exact) mass is 355 g/mol. The Kier molecular flexibility index (Phi) is 5.79. The van der Waals surface area contributed by atoms with Gasteiger partial charge in [-0.3, -0.25) is 9.69 Å². The zero-order valence-electron chi connectivity index (χ0n) is 14.2. The van der Waals surface area contributed by atoms with Crippen LogP contribution in [0.15, 0.2) is 24.3 Å². The van der Waals surface area contributed by atoms with Crippen molar-refractivity contribution in [2.24, 2.45) is 0 Å². The van der Waals surface area contributed by atoms with Crippen LogP contribution in [-0.4, -0.2) is 42.5 Å². The van der Waals surface area contributed by atoms with Crippen LogP contribution in [0.25, 0.3) is 0 Å². The van der Waals surface area contributed by atoms with Gasteiger partial charge in [0.05, 0.1) is 24.8 Å². The third-order valence-corrected chi connectivity index (χ3v) is 5.22. The molecule has 1 saturated heterocycles.